The van der Waals surface area contributed by atoms with Gasteiger partial charge >= 0.3 is 0 Å². The van der Waals surface area contributed by atoms with Crippen LogP contribution in [0.25, 0.3) is 0 Å². The molecule has 134 valence electrons. The molecule has 2 aromatic carbocycles. The Bertz CT molecular complexity index is 758. The van der Waals surface area contributed by atoms with Gasteiger partial charge in [-0.3, -0.25) is 10.3 Å². The summed E-state index contributed by atoms with van der Waals surface area (Å²) in [5.74, 6) is -1.10. The first-order chi connectivity index (χ1) is 11.9. The lowest BCUT2D eigenvalue weighted by Gasteiger charge is -2.19. The molecule has 0 amide bonds. The topological polar surface area (TPSA) is 47.9 Å². The SMILES string of the molecule is CCN(CC)Cc1cc(/C(C)=N/Nc2ccc(F)cc2F)ccc1O. The molecule has 0 bridgehead atoms. The molecule has 0 heterocycles. The summed E-state index contributed by atoms with van der Waals surface area (Å²) in [7, 11) is 0. The van der Waals surface area contributed by atoms with E-state index >= 15 is 0 Å². The first-order valence-electron chi connectivity index (χ1n) is 8.24. The van der Waals surface area contributed by atoms with Gasteiger partial charge in [0.15, 0.2) is 5.82 Å². The van der Waals surface area contributed by atoms with Crippen LogP contribution >= 0.6 is 0 Å². The van der Waals surface area contributed by atoms with E-state index in [-0.39, 0.29) is 11.4 Å². The number of halogens is 2. The van der Waals surface area contributed by atoms with Crippen LogP contribution in [0.4, 0.5) is 14.5 Å². The molecule has 0 saturated carbocycles. The first kappa shape index (κ1) is 18.9. The van der Waals surface area contributed by atoms with E-state index < -0.39 is 11.6 Å². The van der Waals surface area contributed by atoms with Gasteiger partial charge in [0.05, 0.1) is 11.4 Å². The second-order valence-electron chi connectivity index (χ2n) is 5.74. The molecule has 0 aliphatic heterocycles. The summed E-state index contributed by atoms with van der Waals surface area (Å²) in [5.41, 5.74) is 4.96. The van der Waals surface area contributed by atoms with Gasteiger partial charge in [0.25, 0.3) is 0 Å². The van der Waals surface area contributed by atoms with Crippen LogP contribution in [0.15, 0.2) is 41.5 Å². The quantitative estimate of drug-likeness (QED) is 0.578. The van der Waals surface area contributed by atoms with Crippen LogP contribution < -0.4 is 5.43 Å². The fourth-order valence-corrected chi connectivity index (χ4v) is 2.41. The Morgan fingerprint density at radius 1 is 1.12 bits per heavy atom. The zero-order valence-corrected chi connectivity index (χ0v) is 14.7. The van der Waals surface area contributed by atoms with Crippen molar-refractivity contribution < 1.29 is 13.9 Å². The molecule has 2 rings (SSSR count). The number of rotatable bonds is 7. The summed E-state index contributed by atoms with van der Waals surface area (Å²) < 4.78 is 26.6. The molecular formula is C19H23F2N3O. The highest BCUT2D eigenvalue weighted by molar-refractivity contribution is 5.99. The third kappa shape index (κ3) is 5.00. The molecule has 0 unspecified atom stereocenters. The number of nitrogens with one attached hydrogen (secondary N) is 1. The van der Waals surface area contributed by atoms with Crippen LogP contribution in [-0.4, -0.2) is 28.8 Å². The number of phenols is 1. The highest BCUT2D eigenvalue weighted by atomic mass is 19.1. The summed E-state index contributed by atoms with van der Waals surface area (Å²) in [4.78, 5) is 2.19. The lowest BCUT2D eigenvalue weighted by atomic mass is 10.1. The molecule has 2 N–H and O–H groups in total. The third-order valence-corrected chi connectivity index (χ3v) is 4.06. The van der Waals surface area contributed by atoms with Crippen molar-refractivity contribution in [2.24, 2.45) is 5.10 Å². The lowest BCUT2D eigenvalue weighted by Crippen LogP contribution is -2.22. The smallest absolute Gasteiger partial charge is 0.151 e. The summed E-state index contributed by atoms with van der Waals surface area (Å²) >= 11 is 0. The van der Waals surface area contributed by atoms with Crippen molar-refractivity contribution in [2.75, 3.05) is 18.5 Å². The second-order valence-corrected chi connectivity index (χ2v) is 5.74. The number of phenolic OH excluding ortho intramolecular Hbond substituents is 1. The number of hydrazone groups is 1. The fourth-order valence-electron chi connectivity index (χ4n) is 2.41. The molecule has 0 aromatic heterocycles. The normalized spacial score (nSPS) is 11.8. The molecule has 0 atom stereocenters. The van der Waals surface area contributed by atoms with Gasteiger partial charge in [-0.15, -0.1) is 0 Å². The van der Waals surface area contributed by atoms with Crippen LogP contribution in [-0.2, 0) is 6.54 Å². The van der Waals surface area contributed by atoms with Gasteiger partial charge in [-0.1, -0.05) is 13.8 Å². The molecule has 0 aliphatic rings. The molecule has 6 heteroatoms. The summed E-state index contributed by atoms with van der Waals surface area (Å²) in [6.45, 7) is 8.33. The number of benzene rings is 2. The monoisotopic (exact) mass is 347 g/mol. The minimum atomic E-state index is -0.704. The van der Waals surface area contributed by atoms with E-state index in [4.69, 9.17) is 0 Å². The molecule has 2 aromatic rings. The Labute approximate surface area is 146 Å². The van der Waals surface area contributed by atoms with Gasteiger partial charge in [0.2, 0.25) is 0 Å². The van der Waals surface area contributed by atoms with Crippen molar-refractivity contribution >= 4 is 11.4 Å². The predicted molar refractivity (Wildman–Crippen MR) is 96.9 cm³/mol. The maximum atomic E-state index is 13.6. The minimum Gasteiger partial charge on any atom is -0.508 e. The standard InChI is InChI=1S/C19H23F2N3O/c1-4-24(5-2)12-15-10-14(6-9-19(15)25)13(3)22-23-18-8-7-16(20)11-17(18)21/h6-11,23,25H,4-5,12H2,1-3H3/b22-13+. The molecule has 0 saturated heterocycles. The minimum absolute atomic E-state index is 0.0999. The van der Waals surface area contributed by atoms with Gasteiger partial charge in [-0.05, 0) is 55.9 Å². The van der Waals surface area contributed by atoms with Crippen molar-refractivity contribution in [1.82, 2.24) is 4.90 Å². The summed E-state index contributed by atoms with van der Waals surface area (Å²) in [6, 6.07) is 8.52. The van der Waals surface area contributed by atoms with Gasteiger partial charge in [-0.2, -0.15) is 5.10 Å². The Hall–Kier alpha value is -2.47. The summed E-state index contributed by atoms with van der Waals surface area (Å²) in [6.07, 6.45) is 0. The maximum Gasteiger partial charge on any atom is 0.151 e. The van der Waals surface area contributed by atoms with Crippen LogP contribution in [0.2, 0.25) is 0 Å². The Balaban J connectivity index is 2.19. The number of hydrogen-bond acceptors (Lipinski definition) is 4. The fraction of sp³-hybridized carbons (Fsp3) is 0.316. The van der Waals surface area contributed by atoms with E-state index in [0.29, 0.717) is 12.3 Å². The number of nitrogens with zero attached hydrogens (tertiary/aromatic N) is 2. The number of anilines is 1. The lowest BCUT2D eigenvalue weighted by molar-refractivity contribution is 0.291. The number of hydrogen-bond donors (Lipinski definition) is 2. The molecule has 0 aliphatic carbocycles. The molecule has 0 fully saturated rings. The van der Waals surface area contributed by atoms with Gasteiger partial charge in [-0.25, -0.2) is 8.78 Å². The Morgan fingerprint density at radius 2 is 1.84 bits per heavy atom. The highest BCUT2D eigenvalue weighted by Gasteiger charge is 2.09. The molecule has 4 nitrogen and oxygen atoms in total. The molecular weight excluding hydrogens is 324 g/mol. The average Bonchev–Trinajstić information content (AvgIpc) is 2.60. The largest absolute Gasteiger partial charge is 0.508 e. The van der Waals surface area contributed by atoms with E-state index in [0.717, 1.165) is 30.3 Å². The Kier molecular flexibility index (Phi) is 6.47. The van der Waals surface area contributed by atoms with Crippen molar-refractivity contribution in [3.63, 3.8) is 0 Å². The van der Waals surface area contributed by atoms with E-state index in [1.54, 1.807) is 19.1 Å². The van der Waals surface area contributed by atoms with Crippen molar-refractivity contribution in [2.45, 2.75) is 27.3 Å². The second kappa shape index (κ2) is 8.58. The van der Waals surface area contributed by atoms with E-state index in [2.05, 4.69) is 29.3 Å². The van der Waals surface area contributed by atoms with Crippen LogP contribution in [0.1, 0.15) is 31.9 Å². The predicted octanol–water partition coefficient (Wildman–Crippen LogP) is 4.35. The Morgan fingerprint density at radius 3 is 2.48 bits per heavy atom. The highest BCUT2D eigenvalue weighted by Crippen LogP contribution is 2.21. The molecule has 25 heavy (non-hydrogen) atoms. The van der Waals surface area contributed by atoms with Crippen molar-refractivity contribution in [1.29, 1.82) is 0 Å². The van der Waals surface area contributed by atoms with Gasteiger partial charge in [0, 0.05) is 18.2 Å². The van der Waals surface area contributed by atoms with Gasteiger partial charge < -0.3 is 5.11 Å². The number of aromatic hydroxyl groups is 1. The van der Waals surface area contributed by atoms with Crippen LogP contribution in [0.3, 0.4) is 0 Å². The van der Waals surface area contributed by atoms with Crippen molar-refractivity contribution in [3.8, 4) is 5.75 Å². The molecule has 0 radical (unpaired) electrons. The third-order valence-electron chi connectivity index (χ3n) is 4.06. The first-order valence-corrected chi connectivity index (χ1v) is 8.24. The molecule has 0 spiro atoms. The zero-order valence-electron chi connectivity index (χ0n) is 14.7. The van der Waals surface area contributed by atoms with Crippen LogP contribution in [0.5, 0.6) is 5.75 Å². The van der Waals surface area contributed by atoms with E-state index in [9.17, 15) is 13.9 Å². The van der Waals surface area contributed by atoms with E-state index in [1.807, 2.05) is 6.07 Å². The van der Waals surface area contributed by atoms with E-state index in [1.165, 1.54) is 12.1 Å². The maximum absolute atomic E-state index is 13.6. The average molecular weight is 347 g/mol. The van der Waals surface area contributed by atoms with Crippen molar-refractivity contribution in [3.05, 3.63) is 59.2 Å². The zero-order chi connectivity index (χ0) is 18.4. The van der Waals surface area contributed by atoms with Gasteiger partial charge in [0.1, 0.15) is 11.6 Å². The summed E-state index contributed by atoms with van der Waals surface area (Å²) in [5, 5.41) is 14.2. The van der Waals surface area contributed by atoms with Crippen LogP contribution in [0, 0.1) is 11.6 Å².